The molecule has 13 heavy (non-hydrogen) atoms. The summed E-state index contributed by atoms with van der Waals surface area (Å²) in [6, 6.07) is 0. The molecular weight excluding hydrogens is 172 g/mol. The molecule has 0 unspecified atom stereocenters. The number of carbonyl (C=O) groups is 1. The summed E-state index contributed by atoms with van der Waals surface area (Å²) in [5.41, 5.74) is 5.54. The van der Waals surface area contributed by atoms with E-state index in [9.17, 15) is 4.79 Å². The number of ether oxygens (including phenoxy) is 2. The van der Waals surface area contributed by atoms with Gasteiger partial charge in [-0.25, -0.2) is 4.79 Å². The fourth-order valence-corrected chi connectivity index (χ4v) is 1.00. The molecule has 0 radical (unpaired) electrons. The highest BCUT2D eigenvalue weighted by Gasteiger charge is 2.28. The molecule has 1 aliphatic heterocycles. The second kappa shape index (κ2) is 4.04. The quantitative estimate of drug-likeness (QED) is 0.357. The van der Waals surface area contributed by atoms with Gasteiger partial charge in [-0.2, -0.15) is 0 Å². The van der Waals surface area contributed by atoms with Crippen LogP contribution in [0.1, 0.15) is 0 Å². The fraction of sp³-hybridized carbons (Fsp3) is 0.500. The number of nitrogens with one attached hydrogen (secondary N) is 1. The second-order valence-electron chi connectivity index (χ2n) is 2.72. The van der Waals surface area contributed by atoms with Crippen LogP contribution in [0, 0.1) is 11.3 Å². The molecule has 1 rings (SSSR count). The minimum Gasteiger partial charge on any atom is -0.465 e. The average molecular weight is 184 g/mol. The lowest BCUT2D eigenvalue weighted by atomic mass is 9.96. The minimum atomic E-state index is -0.570. The van der Waals surface area contributed by atoms with Crippen molar-refractivity contribution in [3.05, 3.63) is 11.8 Å². The molecule has 0 saturated carbocycles. The molecule has 1 aliphatic rings. The van der Waals surface area contributed by atoms with E-state index in [1.807, 2.05) is 0 Å². The van der Waals surface area contributed by atoms with E-state index in [0.717, 1.165) is 6.20 Å². The normalized spacial score (nSPS) is 17.8. The van der Waals surface area contributed by atoms with Gasteiger partial charge in [0.05, 0.1) is 31.6 Å². The molecule has 1 saturated heterocycles. The van der Waals surface area contributed by atoms with Crippen LogP contribution in [-0.2, 0) is 14.3 Å². The van der Waals surface area contributed by atoms with Gasteiger partial charge < -0.3 is 20.6 Å². The molecule has 0 aromatic carbocycles. The highest BCUT2D eigenvalue weighted by atomic mass is 16.5. The maximum Gasteiger partial charge on any atom is 0.341 e. The first-order valence-electron chi connectivity index (χ1n) is 3.87. The molecule has 0 amide bonds. The standard InChI is InChI=1S/C8H12N2O3/c1-12-8(11)6(2-9)7(10)5-3-13-4-5/h2,5,10H,3-4,9H2,1H3/b6-2+,10-7?. The van der Waals surface area contributed by atoms with Crippen molar-refractivity contribution >= 4 is 11.7 Å². The molecule has 0 aromatic heterocycles. The van der Waals surface area contributed by atoms with Crippen LogP contribution < -0.4 is 5.73 Å². The molecular formula is C8H12N2O3. The number of nitrogens with two attached hydrogens (primary N) is 1. The lowest BCUT2D eigenvalue weighted by Crippen LogP contribution is -2.37. The maximum atomic E-state index is 11.1. The molecule has 0 aliphatic carbocycles. The summed E-state index contributed by atoms with van der Waals surface area (Å²) in [6.45, 7) is 0.959. The molecule has 1 heterocycles. The monoisotopic (exact) mass is 184 g/mol. The van der Waals surface area contributed by atoms with E-state index in [0.29, 0.717) is 13.2 Å². The van der Waals surface area contributed by atoms with Gasteiger partial charge in [-0.05, 0) is 0 Å². The molecule has 0 atom stereocenters. The van der Waals surface area contributed by atoms with Crippen LogP contribution in [0.5, 0.6) is 0 Å². The zero-order valence-electron chi connectivity index (χ0n) is 7.37. The topological polar surface area (TPSA) is 85.4 Å². The van der Waals surface area contributed by atoms with Crippen molar-refractivity contribution in [1.29, 1.82) is 5.41 Å². The van der Waals surface area contributed by atoms with E-state index >= 15 is 0 Å². The van der Waals surface area contributed by atoms with Gasteiger partial charge in [-0.3, -0.25) is 0 Å². The van der Waals surface area contributed by atoms with Gasteiger partial charge in [-0.1, -0.05) is 0 Å². The summed E-state index contributed by atoms with van der Waals surface area (Å²) < 4.78 is 9.38. The molecule has 0 aromatic rings. The van der Waals surface area contributed by atoms with Gasteiger partial charge in [0.15, 0.2) is 0 Å². The Hall–Kier alpha value is -1.36. The van der Waals surface area contributed by atoms with Crippen molar-refractivity contribution < 1.29 is 14.3 Å². The summed E-state index contributed by atoms with van der Waals surface area (Å²) >= 11 is 0. The SMILES string of the molecule is COC(=O)/C(=C/N)C(=N)C1COC1. The van der Waals surface area contributed by atoms with E-state index in [2.05, 4.69) is 4.74 Å². The summed E-state index contributed by atoms with van der Waals surface area (Å²) in [5, 5.41) is 7.61. The van der Waals surface area contributed by atoms with Crippen LogP contribution in [-0.4, -0.2) is 32.0 Å². The van der Waals surface area contributed by atoms with E-state index < -0.39 is 5.97 Å². The first kappa shape index (κ1) is 9.73. The van der Waals surface area contributed by atoms with Gasteiger partial charge in [-0.15, -0.1) is 0 Å². The van der Waals surface area contributed by atoms with Crippen LogP contribution in [0.3, 0.4) is 0 Å². The Balaban J connectivity index is 2.66. The van der Waals surface area contributed by atoms with Crippen molar-refractivity contribution in [2.45, 2.75) is 0 Å². The van der Waals surface area contributed by atoms with Crippen LogP contribution in [0.25, 0.3) is 0 Å². The third-order valence-electron chi connectivity index (χ3n) is 1.91. The maximum absolute atomic E-state index is 11.1. The first-order valence-corrected chi connectivity index (χ1v) is 3.87. The number of hydrogen-bond donors (Lipinski definition) is 2. The van der Waals surface area contributed by atoms with Crippen LogP contribution in [0.4, 0.5) is 0 Å². The van der Waals surface area contributed by atoms with Crippen LogP contribution in [0.15, 0.2) is 11.8 Å². The molecule has 0 bridgehead atoms. The second-order valence-corrected chi connectivity index (χ2v) is 2.72. The van der Waals surface area contributed by atoms with E-state index in [1.54, 1.807) is 0 Å². The molecule has 5 nitrogen and oxygen atoms in total. The van der Waals surface area contributed by atoms with Gasteiger partial charge >= 0.3 is 5.97 Å². The molecule has 1 fully saturated rings. The summed E-state index contributed by atoms with van der Waals surface area (Å²) in [7, 11) is 1.26. The number of carbonyl (C=O) groups excluding carboxylic acids is 1. The first-order chi connectivity index (χ1) is 6.20. The number of esters is 1. The molecule has 3 N–H and O–H groups in total. The highest BCUT2D eigenvalue weighted by molar-refractivity contribution is 6.19. The van der Waals surface area contributed by atoms with Gasteiger partial charge in [0.1, 0.15) is 0 Å². The van der Waals surface area contributed by atoms with Gasteiger partial charge in [0, 0.05) is 12.1 Å². The zero-order valence-corrected chi connectivity index (χ0v) is 7.37. The average Bonchev–Trinajstić information content (AvgIpc) is 2.02. The van der Waals surface area contributed by atoms with Crippen molar-refractivity contribution in [3.63, 3.8) is 0 Å². The van der Waals surface area contributed by atoms with Crippen LogP contribution >= 0.6 is 0 Å². The van der Waals surface area contributed by atoms with Crippen molar-refractivity contribution in [3.8, 4) is 0 Å². The molecule has 72 valence electrons. The fourth-order valence-electron chi connectivity index (χ4n) is 1.00. The van der Waals surface area contributed by atoms with Crippen molar-refractivity contribution in [1.82, 2.24) is 0 Å². The van der Waals surface area contributed by atoms with Crippen molar-refractivity contribution in [2.24, 2.45) is 11.7 Å². The summed E-state index contributed by atoms with van der Waals surface area (Å²) in [5.74, 6) is -0.590. The highest BCUT2D eigenvalue weighted by Crippen LogP contribution is 2.16. The Morgan fingerprint density at radius 3 is 2.62 bits per heavy atom. The van der Waals surface area contributed by atoms with Gasteiger partial charge in [0.2, 0.25) is 0 Å². The largest absolute Gasteiger partial charge is 0.465 e. The predicted molar refractivity (Wildman–Crippen MR) is 46.3 cm³/mol. The van der Waals surface area contributed by atoms with E-state index in [-0.39, 0.29) is 17.2 Å². The number of rotatable bonds is 3. The van der Waals surface area contributed by atoms with Crippen molar-refractivity contribution in [2.75, 3.05) is 20.3 Å². The lowest BCUT2D eigenvalue weighted by Gasteiger charge is -2.26. The smallest absolute Gasteiger partial charge is 0.341 e. The summed E-state index contributed by atoms with van der Waals surface area (Å²) in [6.07, 6.45) is 1.10. The van der Waals surface area contributed by atoms with E-state index in [4.69, 9.17) is 15.9 Å². The van der Waals surface area contributed by atoms with E-state index in [1.165, 1.54) is 7.11 Å². The number of methoxy groups -OCH3 is 1. The Bertz CT molecular complexity index is 256. The molecule has 5 heteroatoms. The Morgan fingerprint density at radius 1 is 1.69 bits per heavy atom. The minimum absolute atomic E-state index is 0.0195. The predicted octanol–water partition coefficient (Wildman–Crippen LogP) is -0.332. The zero-order chi connectivity index (χ0) is 9.84. The Kier molecular flexibility index (Phi) is 3.02. The Labute approximate surface area is 76.0 Å². The third kappa shape index (κ3) is 1.86. The molecule has 0 spiro atoms. The lowest BCUT2D eigenvalue weighted by molar-refractivity contribution is -0.135. The summed E-state index contributed by atoms with van der Waals surface area (Å²) in [4.78, 5) is 11.1. The number of hydrogen-bond acceptors (Lipinski definition) is 5. The van der Waals surface area contributed by atoms with Crippen LogP contribution in [0.2, 0.25) is 0 Å². The third-order valence-corrected chi connectivity index (χ3v) is 1.91. The Morgan fingerprint density at radius 2 is 2.31 bits per heavy atom. The van der Waals surface area contributed by atoms with Gasteiger partial charge in [0.25, 0.3) is 0 Å².